The summed E-state index contributed by atoms with van der Waals surface area (Å²) in [7, 11) is 0. The van der Waals surface area contributed by atoms with Crippen LogP contribution in [0.15, 0.2) is 0 Å². The van der Waals surface area contributed by atoms with Gasteiger partial charge in [-0.15, -0.1) is 0 Å². The molecule has 2 atom stereocenters. The summed E-state index contributed by atoms with van der Waals surface area (Å²) in [5, 5.41) is 0.230. The van der Waals surface area contributed by atoms with Crippen LogP contribution in [0.4, 0.5) is 0 Å². The Morgan fingerprint density at radius 2 is 2.33 bits per heavy atom. The van der Waals surface area contributed by atoms with Crippen molar-refractivity contribution in [1.82, 2.24) is 0 Å². The minimum absolute atomic E-state index is 0.230. The maximum Gasteiger partial charge on any atom is 0.112 e. The average Bonchev–Trinajstić information content (AvgIpc) is 2.84. The Morgan fingerprint density at radius 1 is 1.58 bits per heavy atom. The summed E-state index contributed by atoms with van der Waals surface area (Å²) in [4.78, 5) is 0. The standard InChI is InChI=1S/C9H17BrO2/c1-2-3-4-5-9(10)12-7-8-6-11-8/h8-9H,2-7H2,1H3. The molecule has 1 rings (SSSR count). The number of unbranched alkanes of at least 4 members (excludes halogenated alkanes) is 2. The van der Waals surface area contributed by atoms with Gasteiger partial charge in [-0.3, -0.25) is 0 Å². The first-order chi connectivity index (χ1) is 5.83. The molecule has 1 saturated heterocycles. The quantitative estimate of drug-likeness (QED) is 0.385. The third kappa shape index (κ3) is 5.12. The molecule has 0 aromatic rings. The molecule has 0 saturated carbocycles. The van der Waals surface area contributed by atoms with Crippen molar-refractivity contribution in [3.8, 4) is 0 Å². The van der Waals surface area contributed by atoms with Crippen LogP contribution in [0, 0.1) is 0 Å². The maximum absolute atomic E-state index is 5.50. The molecule has 12 heavy (non-hydrogen) atoms. The Bertz CT molecular complexity index is 115. The van der Waals surface area contributed by atoms with Crippen molar-refractivity contribution in [2.45, 2.75) is 43.7 Å². The molecular formula is C9H17BrO2. The van der Waals surface area contributed by atoms with Crippen molar-refractivity contribution >= 4 is 15.9 Å². The monoisotopic (exact) mass is 236 g/mol. The molecule has 0 amide bonds. The molecule has 0 N–H and O–H groups in total. The largest absolute Gasteiger partial charge is 0.371 e. The summed E-state index contributed by atoms with van der Waals surface area (Å²) in [6.45, 7) is 3.85. The van der Waals surface area contributed by atoms with Crippen LogP contribution in [0.2, 0.25) is 0 Å². The Balaban J connectivity index is 1.84. The fourth-order valence-corrected chi connectivity index (χ4v) is 1.49. The fourth-order valence-electron chi connectivity index (χ4n) is 1.01. The first kappa shape index (κ1) is 10.5. The molecule has 0 spiro atoms. The summed E-state index contributed by atoms with van der Waals surface area (Å²) in [5.74, 6) is 0. The number of halogens is 1. The van der Waals surface area contributed by atoms with Crippen LogP contribution in [0.3, 0.4) is 0 Å². The third-order valence-corrected chi connectivity index (χ3v) is 2.62. The van der Waals surface area contributed by atoms with Crippen molar-refractivity contribution in [3.63, 3.8) is 0 Å². The number of hydrogen-bond acceptors (Lipinski definition) is 2. The predicted octanol–water partition coefficient (Wildman–Crippen LogP) is 2.70. The number of ether oxygens (including phenoxy) is 2. The van der Waals surface area contributed by atoms with Gasteiger partial charge in [0.25, 0.3) is 0 Å². The van der Waals surface area contributed by atoms with Crippen molar-refractivity contribution in [2.24, 2.45) is 0 Å². The second-order valence-corrected chi connectivity index (χ2v) is 4.22. The van der Waals surface area contributed by atoms with E-state index < -0.39 is 0 Å². The van der Waals surface area contributed by atoms with E-state index in [9.17, 15) is 0 Å². The van der Waals surface area contributed by atoms with Gasteiger partial charge in [0.2, 0.25) is 0 Å². The van der Waals surface area contributed by atoms with E-state index in [1.54, 1.807) is 0 Å². The van der Waals surface area contributed by atoms with Crippen molar-refractivity contribution in [3.05, 3.63) is 0 Å². The number of epoxide rings is 1. The van der Waals surface area contributed by atoms with Gasteiger partial charge in [0.05, 0.1) is 13.2 Å². The highest BCUT2D eigenvalue weighted by molar-refractivity contribution is 9.09. The van der Waals surface area contributed by atoms with E-state index in [1.807, 2.05) is 0 Å². The summed E-state index contributed by atoms with van der Waals surface area (Å²) in [6.07, 6.45) is 5.31. The molecule has 1 fully saturated rings. The van der Waals surface area contributed by atoms with Crippen LogP contribution in [0.25, 0.3) is 0 Å². The number of rotatable bonds is 7. The van der Waals surface area contributed by atoms with Gasteiger partial charge in [0, 0.05) is 0 Å². The second-order valence-electron chi connectivity index (χ2n) is 3.19. The van der Waals surface area contributed by atoms with E-state index in [1.165, 1.54) is 19.3 Å². The lowest BCUT2D eigenvalue weighted by molar-refractivity contribution is 0.0945. The van der Waals surface area contributed by atoms with Gasteiger partial charge in [-0.1, -0.05) is 35.7 Å². The fraction of sp³-hybridized carbons (Fsp3) is 1.00. The molecule has 1 heterocycles. The van der Waals surface area contributed by atoms with E-state index in [4.69, 9.17) is 9.47 Å². The first-order valence-corrected chi connectivity index (χ1v) is 5.61. The third-order valence-electron chi connectivity index (χ3n) is 1.90. The predicted molar refractivity (Wildman–Crippen MR) is 52.5 cm³/mol. The lowest BCUT2D eigenvalue weighted by Crippen LogP contribution is -2.09. The summed E-state index contributed by atoms with van der Waals surface area (Å²) >= 11 is 3.49. The van der Waals surface area contributed by atoms with Gasteiger partial charge < -0.3 is 9.47 Å². The molecule has 0 aromatic carbocycles. The molecular weight excluding hydrogens is 220 g/mol. The van der Waals surface area contributed by atoms with Crippen LogP contribution >= 0.6 is 15.9 Å². The van der Waals surface area contributed by atoms with Crippen LogP contribution in [0.1, 0.15) is 32.6 Å². The Labute approximate surface area is 82.7 Å². The zero-order valence-electron chi connectivity index (χ0n) is 7.59. The van der Waals surface area contributed by atoms with E-state index in [0.29, 0.717) is 6.10 Å². The minimum Gasteiger partial charge on any atom is -0.371 e. The molecule has 0 bridgehead atoms. The molecule has 0 radical (unpaired) electrons. The zero-order chi connectivity index (χ0) is 8.81. The second kappa shape index (κ2) is 5.95. The highest BCUT2D eigenvalue weighted by atomic mass is 79.9. The lowest BCUT2D eigenvalue weighted by atomic mass is 10.2. The molecule has 0 aliphatic carbocycles. The van der Waals surface area contributed by atoms with Crippen molar-refractivity contribution in [2.75, 3.05) is 13.2 Å². The van der Waals surface area contributed by atoms with Gasteiger partial charge in [0.15, 0.2) is 0 Å². The minimum atomic E-state index is 0.230. The van der Waals surface area contributed by atoms with Crippen LogP contribution < -0.4 is 0 Å². The Morgan fingerprint density at radius 3 is 2.92 bits per heavy atom. The van der Waals surface area contributed by atoms with Crippen molar-refractivity contribution < 1.29 is 9.47 Å². The van der Waals surface area contributed by atoms with Gasteiger partial charge >= 0.3 is 0 Å². The molecule has 1 aliphatic heterocycles. The van der Waals surface area contributed by atoms with Gasteiger partial charge in [0.1, 0.15) is 11.1 Å². The Hall–Kier alpha value is 0.400. The van der Waals surface area contributed by atoms with Gasteiger partial charge in [-0.2, -0.15) is 0 Å². The van der Waals surface area contributed by atoms with E-state index >= 15 is 0 Å². The van der Waals surface area contributed by atoms with E-state index in [2.05, 4.69) is 22.9 Å². The molecule has 72 valence electrons. The molecule has 2 nitrogen and oxygen atoms in total. The Kier molecular flexibility index (Phi) is 5.19. The number of alkyl halides is 1. The van der Waals surface area contributed by atoms with Crippen LogP contribution in [-0.4, -0.2) is 24.3 Å². The highest BCUT2D eigenvalue weighted by Gasteiger charge is 2.23. The van der Waals surface area contributed by atoms with Crippen molar-refractivity contribution in [1.29, 1.82) is 0 Å². The van der Waals surface area contributed by atoms with Gasteiger partial charge in [-0.25, -0.2) is 0 Å². The molecule has 2 unspecified atom stereocenters. The zero-order valence-corrected chi connectivity index (χ0v) is 9.18. The SMILES string of the molecule is CCCCCC(Br)OCC1CO1. The van der Waals surface area contributed by atoms with E-state index in [0.717, 1.165) is 19.6 Å². The molecule has 0 aromatic heterocycles. The highest BCUT2D eigenvalue weighted by Crippen LogP contribution is 2.16. The summed E-state index contributed by atoms with van der Waals surface area (Å²) in [5.41, 5.74) is 0. The lowest BCUT2D eigenvalue weighted by Gasteiger charge is -2.09. The maximum atomic E-state index is 5.50. The average molecular weight is 237 g/mol. The van der Waals surface area contributed by atoms with Crippen LogP contribution in [0.5, 0.6) is 0 Å². The van der Waals surface area contributed by atoms with Crippen LogP contribution in [-0.2, 0) is 9.47 Å². The molecule has 3 heteroatoms. The number of hydrogen-bond donors (Lipinski definition) is 0. The summed E-state index contributed by atoms with van der Waals surface area (Å²) < 4.78 is 10.5. The topological polar surface area (TPSA) is 21.8 Å². The smallest absolute Gasteiger partial charge is 0.112 e. The van der Waals surface area contributed by atoms with E-state index in [-0.39, 0.29) is 5.01 Å². The molecule has 1 aliphatic rings. The summed E-state index contributed by atoms with van der Waals surface area (Å²) in [6, 6.07) is 0. The first-order valence-electron chi connectivity index (χ1n) is 4.70. The van der Waals surface area contributed by atoms with Gasteiger partial charge in [-0.05, 0) is 12.8 Å². The normalized spacial score (nSPS) is 24.0.